The Labute approximate surface area is 66.6 Å². The van der Waals surface area contributed by atoms with E-state index in [0.717, 1.165) is 13.3 Å². The summed E-state index contributed by atoms with van der Waals surface area (Å²) in [7, 11) is 2.04. The highest BCUT2D eigenvalue weighted by molar-refractivity contribution is 4.87. The van der Waals surface area contributed by atoms with E-state index < -0.39 is 0 Å². The van der Waals surface area contributed by atoms with Crippen molar-refractivity contribution in [1.82, 2.24) is 9.80 Å². The molecule has 1 rings (SSSR count). The first-order valence-electron chi connectivity index (χ1n) is 3.53. The minimum Gasteiger partial charge on any atom is -0.362 e. The molecule has 0 bridgehead atoms. The maximum absolute atomic E-state index is 5.21. The predicted octanol–water partition coefficient (Wildman–Crippen LogP) is 0.809. The second kappa shape index (κ2) is 4.96. The van der Waals surface area contributed by atoms with E-state index in [1.54, 1.807) is 0 Å². The third-order valence-corrected chi connectivity index (χ3v) is 1.40. The molecule has 66 valence electrons. The highest BCUT2D eigenvalue weighted by Gasteiger charge is 2.06. The van der Waals surface area contributed by atoms with Gasteiger partial charge >= 0.3 is 0 Å². The van der Waals surface area contributed by atoms with E-state index >= 15 is 0 Å². The highest BCUT2D eigenvalue weighted by atomic mass is 19.0. The number of rotatable bonds is 3. The van der Waals surface area contributed by atoms with Gasteiger partial charge in [0.05, 0.1) is 6.67 Å². The molecule has 0 saturated heterocycles. The van der Waals surface area contributed by atoms with Gasteiger partial charge in [-0.15, -0.1) is 0 Å². The van der Waals surface area contributed by atoms with Crippen molar-refractivity contribution >= 4 is 0 Å². The molecule has 1 aliphatic heterocycles. The van der Waals surface area contributed by atoms with Crippen molar-refractivity contribution in [2.24, 2.45) is 0 Å². The number of halogens is 1. The molecule has 0 fully saturated rings. The van der Waals surface area contributed by atoms with Crippen LogP contribution in [0.1, 0.15) is 6.92 Å². The molecule has 4 heteroatoms. The minimum absolute atomic E-state index is 0. The summed E-state index contributed by atoms with van der Waals surface area (Å²) in [4.78, 5) is 4.22. The van der Waals surface area contributed by atoms with E-state index in [1.807, 2.05) is 26.4 Å². The summed E-state index contributed by atoms with van der Waals surface area (Å²) in [6.45, 7) is 4.44. The van der Waals surface area contributed by atoms with Crippen molar-refractivity contribution in [3.63, 3.8) is 0 Å². The Morgan fingerprint density at radius 3 is 2.64 bits per heavy atom. The fourth-order valence-electron chi connectivity index (χ4n) is 0.881. The molecule has 0 atom stereocenters. The van der Waals surface area contributed by atoms with E-state index in [1.165, 1.54) is 0 Å². The molecule has 0 saturated carbocycles. The first kappa shape index (κ1) is 10.2. The van der Waals surface area contributed by atoms with Crippen LogP contribution in [0.25, 0.3) is 0 Å². The molecule has 0 radical (unpaired) electrons. The van der Waals surface area contributed by atoms with Crippen LogP contribution in [-0.4, -0.2) is 36.9 Å². The average Bonchev–Trinajstić information content (AvgIpc) is 2.31. The zero-order valence-electron chi connectivity index (χ0n) is 6.99. The molecular formula is C7H15FN2O. The van der Waals surface area contributed by atoms with Crippen molar-refractivity contribution in [3.05, 3.63) is 12.4 Å². The Morgan fingerprint density at radius 2 is 2.18 bits per heavy atom. The van der Waals surface area contributed by atoms with Gasteiger partial charge in [0, 0.05) is 26.1 Å². The first-order chi connectivity index (χ1) is 4.83. The van der Waals surface area contributed by atoms with Crippen LogP contribution in [-0.2, 0) is 4.74 Å². The molecule has 1 heterocycles. The number of hydrogen-bond donors (Lipinski definition) is 0. The van der Waals surface area contributed by atoms with E-state index in [0.29, 0.717) is 6.73 Å². The fraction of sp³-hybridized carbons (Fsp3) is 0.714. The maximum atomic E-state index is 5.21. The van der Waals surface area contributed by atoms with E-state index in [2.05, 4.69) is 9.80 Å². The third kappa shape index (κ3) is 3.23. The van der Waals surface area contributed by atoms with Crippen LogP contribution in [0, 0.1) is 0 Å². The normalized spacial score (nSPS) is 15.5. The molecule has 0 unspecified atom stereocenters. The molecule has 0 aliphatic carbocycles. The molecule has 3 nitrogen and oxygen atoms in total. The predicted molar refractivity (Wildman–Crippen MR) is 42.6 cm³/mol. The van der Waals surface area contributed by atoms with Gasteiger partial charge in [0.15, 0.2) is 0 Å². The van der Waals surface area contributed by atoms with Gasteiger partial charge in [-0.3, -0.25) is 4.70 Å². The van der Waals surface area contributed by atoms with E-state index in [-0.39, 0.29) is 4.70 Å². The lowest BCUT2D eigenvalue weighted by molar-refractivity contribution is 0.0549. The van der Waals surface area contributed by atoms with Gasteiger partial charge < -0.3 is 14.5 Å². The monoisotopic (exact) mass is 162 g/mol. The SMILES string of the molecule is CCOCN1C=CN(C)C1.F. The Kier molecular flexibility index (Phi) is 4.61. The second-order valence-corrected chi connectivity index (χ2v) is 2.41. The Bertz CT molecular complexity index is 130. The van der Waals surface area contributed by atoms with Crippen molar-refractivity contribution in [1.29, 1.82) is 0 Å². The van der Waals surface area contributed by atoms with Gasteiger partial charge in [-0.25, -0.2) is 0 Å². The summed E-state index contributed by atoms with van der Waals surface area (Å²) < 4.78 is 5.21. The molecule has 0 aromatic rings. The Morgan fingerprint density at radius 1 is 1.45 bits per heavy atom. The molecule has 0 aromatic carbocycles. The summed E-state index contributed by atoms with van der Waals surface area (Å²) >= 11 is 0. The van der Waals surface area contributed by atoms with Crippen LogP contribution in [0.5, 0.6) is 0 Å². The summed E-state index contributed by atoms with van der Waals surface area (Å²) in [6, 6.07) is 0. The maximum Gasteiger partial charge on any atom is 0.119 e. The molecule has 0 spiro atoms. The summed E-state index contributed by atoms with van der Waals surface area (Å²) in [5.41, 5.74) is 0. The highest BCUT2D eigenvalue weighted by Crippen LogP contribution is 2.02. The van der Waals surface area contributed by atoms with Crippen molar-refractivity contribution in [2.75, 3.05) is 27.1 Å². The number of nitrogens with zero attached hydrogens (tertiary/aromatic N) is 2. The summed E-state index contributed by atoms with van der Waals surface area (Å²) in [5, 5.41) is 0. The van der Waals surface area contributed by atoms with E-state index in [9.17, 15) is 0 Å². The minimum atomic E-state index is 0. The smallest absolute Gasteiger partial charge is 0.119 e. The van der Waals surface area contributed by atoms with Gasteiger partial charge in [-0.05, 0) is 6.92 Å². The van der Waals surface area contributed by atoms with Gasteiger partial charge in [0.1, 0.15) is 6.73 Å². The molecule has 0 aromatic heterocycles. The number of ether oxygens (including phenoxy) is 1. The van der Waals surface area contributed by atoms with Crippen LogP contribution in [0.4, 0.5) is 4.70 Å². The second-order valence-electron chi connectivity index (χ2n) is 2.41. The molecule has 11 heavy (non-hydrogen) atoms. The fourth-order valence-corrected chi connectivity index (χ4v) is 0.881. The lowest BCUT2D eigenvalue weighted by atomic mass is 10.8. The van der Waals surface area contributed by atoms with Crippen molar-refractivity contribution in [3.8, 4) is 0 Å². The van der Waals surface area contributed by atoms with Crippen LogP contribution in [0.2, 0.25) is 0 Å². The van der Waals surface area contributed by atoms with Crippen molar-refractivity contribution < 1.29 is 9.44 Å². The molecule has 0 N–H and O–H groups in total. The number of hydrogen-bond acceptors (Lipinski definition) is 3. The van der Waals surface area contributed by atoms with Gasteiger partial charge in [0.25, 0.3) is 0 Å². The van der Waals surface area contributed by atoms with Crippen LogP contribution >= 0.6 is 0 Å². The largest absolute Gasteiger partial charge is 0.362 e. The molecule has 0 amide bonds. The Balaban J connectivity index is 0.000001000. The van der Waals surface area contributed by atoms with Crippen molar-refractivity contribution in [2.45, 2.75) is 6.92 Å². The zero-order chi connectivity index (χ0) is 7.40. The standard InChI is InChI=1S/C7H14N2O.FH/c1-3-10-7-9-5-4-8(2)6-9;/h4-5H,3,6-7H2,1-2H3;1H. The zero-order valence-corrected chi connectivity index (χ0v) is 6.99. The average molecular weight is 162 g/mol. The molecular weight excluding hydrogens is 147 g/mol. The summed E-state index contributed by atoms with van der Waals surface area (Å²) in [6.07, 6.45) is 4.08. The summed E-state index contributed by atoms with van der Waals surface area (Å²) in [5.74, 6) is 0. The topological polar surface area (TPSA) is 15.7 Å². The van der Waals surface area contributed by atoms with Crippen LogP contribution in [0.3, 0.4) is 0 Å². The first-order valence-corrected chi connectivity index (χ1v) is 3.53. The van der Waals surface area contributed by atoms with Crippen LogP contribution < -0.4 is 0 Å². The van der Waals surface area contributed by atoms with Crippen LogP contribution in [0.15, 0.2) is 12.4 Å². The van der Waals surface area contributed by atoms with E-state index in [4.69, 9.17) is 4.74 Å². The Hall–Kier alpha value is -0.770. The molecule has 1 aliphatic rings. The lowest BCUT2D eigenvalue weighted by Gasteiger charge is -2.17. The van der Waals surface area contributed by atoms with Gasteiger partial charge in [0.2, 0.25) is 0 Å². The van der Waals surface area contributed by atoms with Gasteiger partial charge in [-0.2, -0.15) is 0 Å². The van der Waals surface area contributed by atoms with Gasteiger partial charge in [-0.1, -0.05) is 0 Å². The third-order valence-electron chi connectivity index (χ3n) is 1.40. The quantitative estimate of drug-likeness (QED) is 0.610. The lowest BCUT2D eigenvalue weighted by Crippen LogP contribution is -2.24.